The fourth-order valence-electron chi connectivity index (χ4n) is 7.15. The maximum atomic E-state index is 4.57. The van der Waals surface area contributed by atoms with Crippen molar-refractivity contribution in [3.63, 3.8) is 0 Å². The van der Waals surface area contributed by atoms with E-state index in [0.717, 1.165) is 33.8 Å². The predicted octanol–water partition coefficient (Wildman–Crippen LogP) is 15.0. The quantitative estimate of drug-likeness (QED) is 0.166. The van der Waals surface area contributed by atoms with Gasteiger partial charge in [0.05, 0.1) is 0 Å². The molecule has 3 aromatic heterocycles. The smallest absolute Gasteiger partial charge is 0.304 e. The average molecular weight is 973 g/mol. The molecule has 3 heterocycles. The zero-order valence-corrected chi connectivity index (χ0v) is 39.2. The number of hydrogen-bond donors (Lipinski definition) is 0. The van der Waals surface area contributed by atoms with E-state index in [2.05, 4.69) is 217 Å². The number of nitrogens with zero attached hydrogens (tertiary/aromatic N) is 3. The van der Waals surface area contributed by atoms with Crippen LogP contribution in [0.3, 0.4) is 0 Å². The van der Waals surface area contributed by atoms with Gasteiger partial charge >= 0.3 is 20.1 Å². The van der Waals surface area contributed by atoms with Crippen LogP contribution in [0.4, 0.5) is 0 Å². The summed E-state index contributed by atoms with van der Waals surface area (Å²) in [6.45, 7) is 20.0. The molecule has 0 radical (unpaired) electrons. The van der Waals surface area contributed by atoms with E-state index in [4.69, 9.17) is 0 Å². The molecule has 0 atom stereocenters. The van der Waals surface area contributed by atoms with E-state index < -0.39 is 0 Å². The number of aromatic nitrogens is 3. The first kappa shape index (κ1) is 44.7. The van der Waals surface area contributed by atoms with Gasteiger partial charge in [-0.3, -0.25) is 0 Å². The van der Waals surface area contributed by atoms with Crippen LogP contribution >= 0.6 is 0 Å². The molecule has 9 rings (SSSR count). The number of hydrogen-bond acceptors (Lipinski definition) is 3. The standard InChI is InChI=1S/3C19H18N.Ir/c1-19(2,3)16-9-6-8-15(13-16)18-17-10-5-4-7-14(17)11-12-20-18;2*1-19(2,3)16-10-8-15(9-11-16)18-17-7-5-4-6-14(17)12-13-20-18;/h4-7,9-13H,1-3H3;2*4-8,10-13H,1-3H3;/q3*-1;+3. The average Bonchev–Trinajstić information content (AvgIpc) is 3.25. The van der Waals surface area contributed by atoms with Crippen LogP contribution in [0.2, 0.25) is 0 Å². The summed E-state index contributed by atoms with van der Waals surface area (Å²) in [7, 11) is 0. The number of fused-ring (bicyclic) bond motifs is 3. The van der Waals surface area contributed by atoms with Crippen molar-refractivity contribution in [2.45, 2.75) is 78.6 Å². The SMILES string of the molecule is CC(C)(C)c1c[c-]c(-c2nccc3ccccc23)cc1.CC(C)(C)c1c[c-]c(-c2nccc3ccccc23)cc1.CC(C)(C)c1cc[c-]c(-c2nccc3ccccc23)c1.[Ir+3]. The van der Waals surface area contributed by atoms with Crippen molar-refractivity contribution < 1.29 is 20.1 Å². The van der Waals surface area contributed by atoms with Crippen molar-refractivity contribution in [1.82, 2.24) is 15.0 Å². The molecular weight excluding hydrogens is 919 g/mol. The van der Waals surface area contributed by atoms with Crippen LogP contribution in [0.1, 0.15) is 79.0 Å². The van der Waals surface area contributed by atoms with Gasteiger partial charge in [-0.25, -0.2) is 0 Å². The molecule has 0 amide bonds. The second-order valence-corrected chi connectivity index (χ2v) is 18.4. The van der Waals surface area contributed by atoms with Crippen LogP contribution in [0.25, 0.3) is 66.1 Å². The Morgan fingerprint density at radius 1 is 0.361 bits per heavy atom. The Morgan fingerprint density at radius 3 is 1.07 bits per heavy atom. The zero-order chi connectivity index (χ0) is 42.5. The van der Waals surface area contributed by atoms with E-state index in [9.17, 15) is 0 Å². The molecule has 0 spiro atoms. The van der Waals surface area contributed by atoms with Crippen molar-refractivity contribution >= 4 is 32.3 Å². The van der Waals surface area contributed by atoms with Crippen LogP contribution in [-0.4, -0.2) is 15.0 Å². The number of pyridine rings is 3. The third kappa shape index (κ3) is 10.8. The minimum atomic E-state index is 0. The molecule has 0 unspecified atom stereocenters. The van der Waals surface area contributed by atoms with Gasteiger partial charge in [0.1, 0.15) is 0 Å². The fourth-order valence-corrected chi connectivity index (χ4v) is 7.15. The normalized spacial score (nSPS) is 11.6. The van der Waals surface area contributed by atoms with E-state index >= 15 is 0 Å². The molecule has 0 aliphatic carbocycles. The molecule has 0 aliphatic rings. The van der Waals surface area contributed by atoms with E-state index in [-0.39, 0.29) is 36.4 Å². The molecule has 306 valence electrons. The summed E-state index contributed by atoms with van der Waals surface area (Å²) in [6.07, 6.45) is 5.60. The van der Waals surface area contributed by atoms with Crippen LogP contribution in [0.5, 0.6) is 0 Å². The Kier molecular flexibility index (Phi) is 13.8. The minimum Gasteiger partial charge on any atom is -0.304 e. The molecule has 0 N–H and O–H groups in total. The first-order valence-corrected chi connectivity index (χ1v) is 20.8. The first-order chi connectivity index (χ1) is 28.7. The van der Waals surface area contributed by atoms with Gasteiger partial charge in [0, 0.05) is 18.6 Å². The van der Waals surface area contributed by atoms with E-state index in [0.29, 0.717) is 0 Å². The van der Waals surface area contributed by atoms with Gasteiger partial charge in [0.2, 0.25) is 0 Å². The largest absolute Gasteiger partial charge is 3.00 e. The zero-order valence-electron chi connectivity index (χ0n) is 36.8. The molecule has 9 aromatic rings. The minimum absolute atomic E-state index is 0. The van der Waals surface area contributed by atoms with E-state index in [1.807, 2.05) is 42.9 Å². The Balaban J connectivity index is 0.000000152. The van der Waals surface area contributed by atoms with Crippen molar-refractivity contribution in [2.24, 2.45) is 0 Å². The topological polar surface area (TPSA) is 38.7 Å². The fraction of sp³-hybridized carbons (Fsp3) is 0.211. The monoisotopic (exact) mass is 973 g/mol. The Bertz CT molecular complexity index is 2710. The second-order valence-electron chi connectivity index (χ2n) is 18.4. The van der Waals surface area contributed by atoms with Crippen molar-refractivity contribution in [1.29, 1.82) is 0 Å². The van der Waals surface area contributed by atoms with Crippen LogP contribution in [-0.2, 0) is 36.4 Å². The van der Waals surface area contributed by atoms with Gasteiger partial charge in [-0.1, -0.05) is 135 Å². The molecule has 6 aromatic carbocycles. The summed E-state index contributed by atoms with van der Waals surface area (Å²) < 4.78 is 0. The van der Waals surface area contributed by atoms with Gasteiger partial charge in [-0.2, -0.15) is 0 Å². The summed E-state index contributed by atoms with van der Waals surface area (Å²) in [6, 6.07) is 60.4. The van der Waals surface area contributed by atoms with Gasteiger partial charge in [0.25, 0.3) is 0 Å². The Hall–Kier alpha value is -5.80. The molecule has 0 saturated carbocycles. The molecule has 3 nitrogen and oxygen atoms in total. The van der Waals surface area contributed by atoms with Gasteiger partial charge in [-0.05, 0) is 83.8 Å². The van der Waals surface area contributed by atoms with E-state index in [1.165, 1.54) is 49.0 Å². The third-order valence-corrected chi connectivity index (χ3v) is 10.8. The second kappa shape index (κ2) is 18.9. The maximum absolute atomic E-state index is 4.57. The van der Waals surface area contributed by atoms with Gasteiger partial charge in [-0.15, -0.1) is 106 Å². The predicted molar refractivity (Wildman–Crippen MR) is 254 cm³/mol. The summed E-state index contributed by atoms with van der Waals surface area (Å²) in [5, 5.41) is 7.17. The first-order valence-electron chi connectivity index (χ1n) is 20.8. The van der Waals surface area contributed by atoms with Crippen molar-refractivity contribution in [2.75, 3.05) is 0 Å². The van der Waals surface area contributed by atoms with Gasteiger partial charge in [0.15, 0.2) is 0 Å². The Morgan fingerprint density at radius 2 is 0.721 bits per heavy atom. The number of rotatable bonds is 3. The summed E-state index contributed by atoms with van der Waals surface area (Å²) in [5.74, 6) is 0. The summed E-state index contributed by atoms with van der Waals surface area (Å²) in [4.78, 5) is 13.6. The van der Waals surface area contributed by atoms with Crippen LogP contribution < -0.4 is 0 Å². The van der Waals surface area contributed by atoms with Crippen molar-refractivity contribution in [3.8, 4) is 33.8 Å². The van der Waals surface area contributed by atoms with Crippen LogP contribution in [0.15, 0.2) is 164 Å². The molecule has 0 bridgehead atoms. The summed E-state index contributed by atoms with van der Waals surface area (Å²) in [5.41, 5.74) is 10.5. The molecule has 0 fully saturated rings. The Labute approximate surface area is 376 Å². The molecule has 61 heavy (non-hydrogen) atoms. The van der Waals surface area contributed by atoms with Crippen LogP contribution in [0, 0.1) is 18.2 Å². The number of benzene rings is 6. The summed E-state index contributed by atoms with van der Waals surface area (Å²) >= 11 is 0. The molecular formula is C57H54IrN3. The van der Waals surface area contributed by atoms with E-state index in [1.54, 1.807) is 0 Å². The molecule has 0 aliphatic heterocycles. The van der Waals surface area contributed by atoms with Crippen molar-refractivity contribution in [3.05, 3.63) is 199 Å². The third-order valence-electron chi connectivity index (χ3n) is 10.8. The van der Waals surface area contributed by atoms with Gasteiger partial charge < -0.3 is 15.0 Å². The maximum Gasteiger partial charge on any atom is 3.00 e. The molecule has 0 saturated heterocycles. The molecule has 4 heteroatoms.